The van der Waals surface area contributed by atoms with Crippen LogP contribution in [0.3, 0.4) is 0 Å². The molecule has 1 unspecified atom stereocenters. The minimum atomic E-state index is -4.35. The van der Waals surface area contributed by atoms with Crippen molar-refractivity contribution >= 4 is 5.97 Å². The molecule has 0 amide bonds. The molecule has 0 radical (unpaired) electrons. The monoisotopic (exact) mass is 239 g/mol. The summed E-state index contributed by atoms with van der Waals surface area (Å²) in [6.07, 6.45) is -3.10. The summed E-state index contributed by atoms with van der Waals surface area (Å²) in [4.78, 5) is 12.1. The number of carbonyl (C=O) groups is 1. The van der Waals surface area contributed by atoms with Crippen LogP contribution < -0.4 is 0 Å². The highest BCUT2D eigenvalue weighted by Gasteiger charge is 2.45. The second kappa shape index (κ2) is 4.24. The van der Waals surface area contributed by atoms with Gasteiger partial charge >= 0.3 is 12.1 Å². The molecule has 1 atom stereocenters. The van der Waals surface area contributed by atoms with E-state index >= 15 is 0 Å². The van der Waals surface area contributed by atoms with E-state index in [-0.39, 0.29) is 6.54 Å². The van der Waals surface area contributed by atoms with E-state index in [9.17, 15) is 18.0 Å². The van der Waals surface area contributed by atoms with Crippen molar-refractivity contribution in [3.05, 3.63) is 0 Å². The summed E-state index contributed by atoms with van der Waals surface area (Å²) in [7, 11) is 0. The lowest BCUT2D eigenvalue weighted by Gasteiger charge is -2.44. The summed E-state index contributed by atoms with van der Waals surface area (Å²) >= 11 is 0. The standard InChI is InChI=1S/C10H16F3NO2/c1-9(2)4-3-5-14(6-10(11,12)13)7(9)8(15)16/h7H,3-6H2,1-2H3,(H,15,16). The third kappa shape index (κ3) is 3.10. The van der Waals surface area contributed by atoms with Crippen molar-refractivity contribution in [1.82, 2.24) is 4.90 Å². The highest BCUT2D eigenvalue weighted by molar-refractivity contribution is 5.74. The van der Waals surface area contributed by atoms with Crippen LogP contribution in [0.25, 0.3) is 0 Å². The van der Waals surface area contributed by atoms with Crippen molar-refractivity contribution in [2.24, 2.45) is 5.41 Å². The molecular weight excluding hydrogens is 223 g/mol. The molecule has 3 nitrogen and oxygen atoms in total. The number of carboxylic acids is 1. The Morgan fingerprint density at radius 1 is 1.50 bits per heavy atom. The van der Waals surface area contributed by atoms with Gasteiger partial charge in [-0.3, -0.25) is 9.69 Å². The van der Waals surface area contributed by atoms with Gasteiger partial charge in [-0.1, -0.05) is 13.8 Å². The number of carboxylic acid groups (broad SMARTS) is 1. The first-order valence-electron chi connectivity index (χ1n) is 5.17. The van der Waals surface area contributed by atoms with Crippen LogP contribution in [0.1, 0.15) is 26.7 Å². The van der Waals surface area contributed by atoms with Crippen molar-refractivity contribution in [2.45, 2.75) is 38.9 Å². The Hall–Kier alpha value is -0.780. The van der Waals surface area contributed by atoms with Gasteiger partial charge in [0.2, 0.25) is 0 Å². The Bertz CT molecular complexity index is 276. The van der Waals surface area contributed by atoms with Gasteiger partial charge in [0.1, 0.15) is 6.04 Å². The number of hydrogen-bond donors (Lipinski definition) is 1. The first kappa shape index (κ1) is 13.3. The molecule has 0 aliphatic carbocycles. The maximum absolute atomic E-state index is 12.3. The fraction of sp³-hybridized carbons (Fsp3) is 0.900. The molecule has 0 aromatic rings. The van der Waals surface area contributed by atoms with Crippen LogP contribution in [0.2, 0.25) is 0 Å². The molecule has 0 spiro atoms. The van der Waals surface area contributed by atoms with Crippen LogP contribution in [0.4, 0.5) is 13.2 Å². The molecule has 1 saturated heterocycles. The molecule has 1 N–H and O–H groups in total. The third-order valence-corrected chi connectivity index (χ3v) is 2.99. The smallest absolute Gasteiger partial charge is 0.401 e. The first-order valence-corrected chi connectivity index (χ1v) is 5.17. The first-order chi connectivity index (χ1) is 7.13. The van der Waals surface area contributed by atoms with E-state index in [0.717, 1.165) is 4.90 Å². The fourth-order valence-electron chi connectivity index (χ4n) is 2.39. The molecule has 0 bridgehead atoms. The van der Waals surface area contributed by atoms with Gasteiger partial charge in [0.25, 0.3) is 0 Å². The average molecular weight is 239 g/mol. The molecule has 0 aromatic heterocycles. The normalized spacial score (nSPS) is 26.7. The lowest BCUT2D eigenvalue weighted by atomic mass is 9.76. The number of alkyl halides is 3. The number of aliphatic carboxylic acids is 1. The predicted molar refractivity (Wildman–Crippen MR) is 52.1 cm³/mol. The Labute approximate surface area is 92.2 Å². The molecule has 16 heavy (non-hydrogen) atoms. The average Bonchev–Trinajstić information content (AvgIpc) is 1.97. The summed E-state index contributed by atoms with van der Waals surface area (Å²) in [5.74, 6) is -1.17. The topological polar surface area (TPSA) is 40.5 Å². The van der Waals surface area contributed by atoms with Crippen molar-refractivity contribution in [1.29, 1.82) is 0 Å². The maximum Gasteiger partial charge on any atom is 0.401 e. The van der Waals surface area contributed by atoms with Crippen LogP contribution in [0.5, 0.6) is 0 Å². The van der Waals surface area contributed by atoms with E-state index in [4.69, 9.17) is 5.11 Å². The summed E-state index contributed by atoms with van der Waals surface area (Å²) < 4.78 is 36.9. The number of likely N-dealkylation sites (tertiary alicyclic amines) is 1. The lowest BCUT2D eigenvalue weighted by Crippen LogP contribution is -2.56. The minimum Gasteiger partial charge on any atom is -0.480 e. The summed E-state index contributed by atoms with van der Waals surface area (Å²) in [5.41, 5.74) is -0.616. The summed E-state index contributed by atoms with van der Waals surface area (Å²) in [6.45, 7) is 2.45. The van der Waals surface area contributed by atoms with Crippen LogP contribution in [0.15, 0.2) is 0 Å². The molecular formula is C10H16F3NO2. The third-order valence-electron chi connectivity index (χ3n) is 2.99. The minimum absolute atomic E-state index is 0.194. The number of halogens is 3. The van der Waals surface area contributed by atoms with Crippen molar-refractivity contribution < 1.29 is 23.1 Å². The molecule has 0 aromatic carbocycles. The number of nitrogens with zero attached hydrogens (tertiary/aromatic N) is 1. The van der Waals surface area contributed by atoms with E-state index in [1.807, 2.05) is 0 Å². The molecule has 0 saturated carbocycles. The van der Waals surface area contributed by atoms with E-state index in [1.54, 1.807) is 13.8 Å². The Morgan fingerprint density at radius 2 is 2.06 bits per heavy atom. The zero-order valence-corrected chi connectivity index (χ0v) is 9.34. The van der Waals surface area contributed by atoms with Crippen LogP contribution in [-0.4, -0.2) is 41.3 Å². The summed E-state index contributed by atoms with van der Waals surface area (Å²) in [5, 5.41) is 9.03. The molecule has 1 aliphatic heterocycles. The van der Waals surface area contributed by atoms with Crippen molar-refractivity contribution in [2.75, 3.05) is 13.1 Å². The predicted octanol–water partition coefficient (Wildman–Crippen LogP) is 2.12. The van der Waals surface area contributed by atoms with Crippen LogP contribution >= 0.6 is 0 Å². The van der Waals surface area contributed by atoms with Gasteiger partial charge in [0.05, 0.1) is 6.54 Å². The Morgan fingerprint density at radius 3 is 2.50 bits per heavy atom. The lowest BCUT2D eigenvalue weighted by molar-refractivity contribution is -0.173. The van der Waals surface area contributed by atoms with Gasteiger partial charge in [0, 0.05) is 0 Å². The zero-order chi connectivity index (χ0) is 12.6. The fourth-order valence-corrected chi connectivity index (χ4v) is 2.39. The van der Waals surface area contributed by atoms with E-state index in [2.05, 4.69) is 0 Å². The molecule has 1 fully saturated rings. The van der Waals surface area contributed by atoms with Gasteiger partial charge in [-0.25, -0.2) is 0 Å². The largest absolute Gasteiger partial charge is 0.480 e. The van der Waals surface area contributed by atoms with Gasteiger partial charge in [-0.05, 0) is 24.8 Å². The van der Waals surface area contributed by atoms with Gasteiger partial charge in [-0.2, -0.15) is 13.2 Å². The molecule has 6 heteroatoms. The highest BCUT2D eigenvalue weighted by atomic mass is 19.4. The van der Waals surface area contributed by atoms with Gasteiger partial charge in [0.15, 0.2) is 0 Å². The maximum atomic E-state index is 12.3. The van der Waals surface area contributed by atoms with E-state index < -0.39 is 30.1 Å². The zero-order valence-electron chi connectivity index (χ0n) is 9.34. The van der Waals surface area contributed by atoms with Crippen molar-refractivity contribution in [3.63, 3.8) is 0 Å². The number of piperidine rings is 1. The van der Waals surface area contributed by atoms with Gasteiger partial charge < -0.3 is 5.11 Å². The molecule has 1 rings (SSSR count). The molecule has 94 valence electrons. The van der Waals surface area contributed by atoms with Crippen LogP contribution in [0, 0.1) is 5.41 Å². The molecule has 1 aliphatic rings. The van der Waals surface area contributed by atoms with Gasteiger partial charge in [-0.15, -0.1) is 0 Å². The number of rotatable bonds is 2. The quantitative estimate of drug-likeness (QED) is 0.802. The second-order valence-electron chi connectivity index (χ2n) is 4.92. The van der Waals surface area contributed by atoms with E-state index in [0.29, 0.717) is 12.8 Å². The van der Waals surface area contributed by atoms with E-state index in [1.165, 1.54) is 0 Å². The number of hydrogen-bond acceptors (Lipinski definition) is 2. The highest BCUT2D eigenvalue weighted by Crippen LogP contribution is 2.36. The Kier molecular flexibility index (Phi) is 3.52. The second-order valence-corrected chi connectivity index (χ2v) is 4.92. The Balaban J connectivity index is 2.85. The van der Waals surface area contributed by atoms with Crippen molar-refractivity contribution in [3.8, 4) is 0 Å². The summed E-state index contributed by atoms with van der Waals surface area (Å²) in [6, 6.07) is -1.05. The molecule has 1 heterocycles. The SMILES string of the molecule is CC1(C)CCCN(CC(F)(F)F)C1C(=O)O. The van der Waals surface area contributed by atoms with Crippen LogP contribution in [-0.2, 0) is 4.79 Å².